The molecule has 152 valence electrons. The molecule has 1 N–H and O–H groups in total. The molecule has 9 heteroatoms. The third-order valence-electron chi connectivity index (χ3n) is 5.35. The van der Waals surface area contributed by atoms with Gasteiger partial charge in [-0.15, -0.1) is 10.2 Å². The molecule has 0 bridgehead atoms. The second-order valence-electron chi connectivity index (χ2n) is 7.18. The monoisotopic (exact) mass is 398 g/mol. The molecule has 0 radical (unpaired) electrons. The fraction of sp³-hybridized carbons (Fsp3) is 0.450. The molecule has 1 amide bonds. The van der Waals surface area contributed by atoms with E-state index in [4.69, 9.17) is 18.9 Å². The topological polar surface area (TPSA) is 95.0 Å². The van der Waals surface area contributed by atoms with E-state index in [1.54, 1.807) is 24.3 Å². The van der Waals surface area contributed by atoms with E-state index in [0.29, 0.717) is 43.6 Å². The number of nitrogens with one attached hydrogen (secondary N) is 1. The van der Waals surface area contributed by atoms with Crippen molar-refractivity contribution in [2.24, 2.45) is 0 Å². The smallest absolute Gasteiger partial charge is 0.276 e. The average molecular weight is 398 g/mol. The highest BCUT2D eigenvalue weighted by molar-refractivity contribution is 6.03. The Bertz CT molecular complexity index is 888. The van der Waals surface area contributed by atoms with Gasteiger partial charge in [-0.05, 0) is 24.3 Å². The molecule has 3 aliphatic heterocycles. The van der Waals surface area contributed by atoms with E-state index in [1.807, 2.05) is 6.07 Å². The summed E-state index contributed by atoms with van der Waals surface area (Å²) < 4.78 is 22.5. The fourth-order valence-electron chi connectivity index (χ4n) is 3.79. The van der Waals surface area contributed by atoms with Crippen LogP contribution >= 0.6 is 0 Å². The van der Waals surface area contributed by atoms with Crippen LogP contribution in [0.4, 0.5) is 11.5 Å². The van der Waals surface area contributed by atoms with E-state index in [-0.39, 0.29) is 11.6 Å². The number of hydrogen-bond acceptors (Lipinski definition) is 8. The number of benzene rings is 1. The SMILES string of the molecule is O=C(Nc1ccc2c(c1)OCCO2)c1ccc(N2CCC3(CC2)OCCO3)nn1. The molecule has 4 heterocycles. The first kappa shape index (κ1) is 18.1. The summed E-state index contributed by atoms with van der Waals surface area (Å²) in [6.45, 7) is 3.89. The molecular weight excluding hydrogens is 376 g/mol. The third-order valence-corrected chi connectivity index (χ3v) is 5.35. The van der Waals surface area contributed by atoms with E-state index < -0.39 is 5.79 Å². The van der Waals surface area contributed by atoms with Gasteiger partial charge in [-0.1, -0.05) is 0 Å². The van der Waals surface area contributed by atoms with Gasteiger partial charge in [0.15, 0.2) is 28.8 Å². The van der Waals surface area contributed by atoms with E-state index >= 15 is 0 Å². The number of hydrogen-bond donors (Lipinski definition) is 1. The van der Waals surface area contributed by atoms with Gasteiger partial charge in [-0.2, -0.15) is 0 Å². The maximum atomic E-state index is 12.5. The van der Waals surface area contributed by atoms with Gasteiger partial charge in [-0.25, -0.2) is 0 Å². The number of rotatable bonds is 3. The molecule has 9 nitrogen and oxygen atoms in total. The number of anilines is 2. The van der Waals surface area contributed by atoms with Crippen molar-refractivity contribution in [3.05, 3.63) is 36.0 Å². The summed E-state index contributed by atoms with van der Waals surface area (Å²) >= 11 is 0. The number of carbonyl (C=O) groups is 1. The minimum atomic E-state index is -0.423. The number of amides is 1. The molecule has 0 aliphatic carbocycles. The van der Waals surface area contributed by atoms with Crippen molar-refractivity contribution in [2.75, 3.05) is 49.7 Å². The lowest BCUT2D eigenvalue weighted by atomic mass is 10.0. The molecule has 1 aromatic heterocycles. The maximum absolute atomic E-state index is 12.5. The summed E-state index contributed by atoms with van der Waals surface area (Å²) in [7, 11) is 0. The van der Waals surface area contributed by atoms with Gasteiger partial charge in [0.1, 0.15) is 13.2 Å². The van der Waals surface area contributed by atoms with Gasteiger partial charge in [0.05, 0.1) is 13.2 Å². The quantitative estimate of drug-likeness (QED) is 0.837. The van der Waals surface area contributed by atoms with Crippen LogP contribution in [0.3, 0.4) is 0 Å². The van der Waals surface area contributed by atoms with Crippen LogP contribution in [0.15, 0.2) is 30.3 Å². The first-order chi connectivity index (χ1) is 14.2. The minimum absolute atomic E-state index is 0.250. The molecule has 2 saturated heterocycles. The zero-order chi connectivity index (χ0) is 19.7. The molecule has 29 heavy (non-hydrogen) atoms. The fourth-order valence-corrected chi connectivity index (χ4v) is 3.79. The maximum Gasteiger partial charge on any atom is 0.276 e. The molecular formula is C20H22N4O5. The standard InChI is InChI=1S/C20H22N4O5/c25-19(21-14-1-3-16-17(13-14)27-10-9-26-16)15-2-4-18(23-22-15)24-7-5-20(6-8-24)28-11-12-29-20/h1-4,13H,5-12H2,(H,21,25). The number of carbonyl (C=O) groups excluding carboxylic acids is 1. The first-order valence-corrected chi connectivity index (χ1v) is 9.78. The molecule has 2 fully saturated rings. The first-order valence-electron chi connectivity index (χ1n) is 9.78. The summed E-state index contributed by atoms with van der Waals surface area (Å²) in [5.41, 5.74) is 0.864. The molecule has 0 unspecified atom stereocenters. The van der Waals surface area contributed by atoms with Crippen LogP contribution in [-0.4, -0.2) is 61.4 Å². The number of fused-ring (bicyclic) bond motifs is 1. The summed E-state index contributed by atoms with van der Waals surface area (Å²) in [4.78, 5) is 14.6. The molecule has 5 rings (SSSR count). The lowest BCUT2D eigenvalue weighted by Crippen LogP contribution is -2.45. The highest BCUT2D eigenvalue weighted by atomic mass is 16.7. The van der Waals surface area contributed by atoms with Crippen LogP contribution in [0.1, 0.15) is 23.3 Å². The van der Waals surface area contributed by atoms with Gasteiger partial charge in [0.2, 0.25) is 0 Å². The van der Waals surface area contributed by atoms with E-state index in [2.05, 4.69) is 20.4 Å². The molecule has 3 aliphatic rings. The molecule has 1 spiro atoms. The average Bonchev–Trinajstić information content (AvgIpc) is 3.22. The van der Waals surface area contributed by atoms with Crippen LogP contribution in [0, 0.1) is 0 Å². The Balaban J connectivity index is 1.21. The van der Waals surface area contributed by atoms with Gasteiger partial charge >= 0.3 is 0 Å². The normalized spacial score (nSPS) is 19.9. The van der Waals surface area contributed by atoms with Crippen molar-refractivity contribution in [3.8, 4) is 11.5 Å². The van der Waals surface area contributed by atoms with Crippen LogP contribution in [0.25, 0.3) is 0 Å². The minimum Gasteiger partial charge on any atom is -0.486 e. The van der Waals surface area contributed by atoms with Crippen LogP contribution < -0.4 is 19.7 Å². The van der Waals surface area contributed by atoms with Gasteiger partial charge in [0.25, 0.3) is 5.91 Å². The zero-order valence-electron chi connectivity index (χ0n) is 15.9. The van der Waals surface area contributed by atoms with Gasteiger partial charge in [0, 0.05) is 37.7 Å². The van der Waals surface area contributed by atoms with E-state index in [1.165, 1.54) is 0 Å². The third kappa shape index (κ3) is 3.70. The van der Waals surface area contributed by atoms with Crippen LogP contribution in [0.2, 0.25) is 0 Å². The molecule has 0 atom stereocenters. The van der Waals surface area contributed by atoms with Crippen molar-refractivity contribution in [1.29, 1.82) is 0 Å². The van der Waals surface area contributed by atoms with E-state index in [9.17, 15) is 4.79 Å². The largest absolute Gasteiger partial charge is 0.486 e. The van der Waals surface area contributed by atoms with Gasteiger partial charge in [-0.3, -0.25) is 4.79 Å². The Morgan fingerprint density at radius 2 is 1.69 bits per heavy atom. The van der Waals surface area contributed by atoms with Gasteiger partial charge < -0.3 is 29.2 Å². The number of aromatic nitrogens is 2. The predicted octanol–water partition coefficient (Wildman–Crippen LogP) is 1.84. The highest BCUT2D eigenvalue weighted by Gasteiger charge is 2.40. The van der Waals surface area contributed by atoms with Crippen LogP contribution in [-0.2, 0) is 9.47 Å². The second kappa shape index (κ2) is 7.49. The Morgan fingerprint density at radius 3 is 2.41 bits per heavy atom. The summed E-state index contributed by atoms with van der Waals surface area (Å²) in [6.07, 6.45) is 1.59. The summed E-state index contributed by atoms with van der Waals surface area (Å²) in [5, 5.41) is 11.2. The van der Waals surface area contributed by atoms with E-state index in [0.717, 1.165) is 31.7 Å². The summed E-state index contributed by atoms with van der Waals surface area (Å²) in [6, 6.07) is 8.79. The van der Waals surface area contributed by atoms with Crippen molar-refractivity contribution in [1.82, 2.24) is 10.2 Å². The van der Waals surface area contributed by atoms with Crippen LogP contribution in [0.5, 0.6) is 11.5 Å². The molecule has 2 aromatic rings. The molecule has 0 saturated carbocycles. The summed E-state index contributed by atoms with van der Waals surface area (Å²) in [5.74, 6) is 1.29. The lowest BCUT2D eigenvalue weighted by Gasteiger charge is -2.37. The number of piperidine rings is 1. The predicted molar refractivity (Wildman–Crippen MR) is 103 cm³/mol. The van der Waals surface area contributed by atoms with Crippen molar-refractivity contribution in [3.63, 3.8) is 0 Å². The molecule has 1 aromatic carbocycles. The Morgan fingerprint density at radius 1 is 0.931 bits per heavy atom. The lowest BCUT2D eigenvalue weighted by molar-refractivity contribution is -0.169. The second-order valence-corrected chi connectivity index (χ2v) is 7.18. The number of nitrogens with zero attached hydrogens (tertiary/aromatic N) is 3. The Hall–Kier alpha value is -2.91. The number of ether oxygens (including phenoxy) is 4. The Labute approximate surface area is 167 Å². The Kier molecular flexibility index (Phi) is 4.69. The van der Waals surface area contributed by atoms with Crippen molar-refractivity contribution in [2.45, 2.75) is 18.6 Å². The zero-order valence-corrected chi connectivity index (χ0v) is 15.9. The van der Waals surface area contributed by atoms with Crippen molar-refractivity contribution >= 4 is 17.4 Å². The highest BCUT2D eigenvalue weighted by Crippen LogP contribution is 2.33. The van der Waals surface area contributed by atoms with Crippen molar-refractivity contribution < 1.29 is 23.7 Å².